The van der Waals surface area contributed by atoms with E-state index in [0.717, 1.165) is 5.69 Å². The molecule has 0 saturated carbocycles. The fraction of sp³-hybridized carbons (Fsp3) is 0.222. The molecule has 0 aliphatic rings. The quantitative estimate of drug-likeness (QED) is 0.316. The second-order valence-corrected chi connectivity index (χ2v) is 5.37. The second-order valence-electron chi connectivity index (χ2n) is 5.37. The molecule has 0 fully saturated rings. The molecular formula is C18H19N3O4. The highest BCUT2D eigenvalue weighted by Gasteiger charge is 2.08. The summed E-state index contributed by atoms with van der Waals surface area (Å²) in [7, 11) is 0. The molecule has 2 aromatic carbocycles. The standard InChI is InChI=1S/C18H19N3O4/c22-17(14-4-2-1-3-5-14)10-11-18(23)20-13-12-19-15-6-8-16(9-7-15)21(24)25/h1-9,19H,10-13H2,(H,20,23). The van der Waals surface area contributed by atoms with Crippen LogP contribution < -0.4 is 10.6 Å². The fourth-order valence-electron chi connectivity index (χ4n) is 2.19. The summed E-state index contributed by atoms with van der Waals surface area (Å²) in [5, 5.41) is 16.3. The van der Waals surface area contributed by atoms with Gasteiger partial charge in [-0.2, -0.15) is 0 Å². The largest absolute Gasteiger partial charge is 0.383 e. The van der Waals surface area contributed by atoms with Crippen LogP contribution in [0.5, 0.6) is 0 Å². The van der Waals surface area contributed by atoms with Crippen molar-refractivity contribution in [2.45, 2.75) is 12.8 Å². The summed E-state index contributed by atoms with van der Waals surface area (Å²) in [6, 6.07) is 14.9. The summed E-state index contributed by atoms with van der Waals surface area (Å²) in [6.07, 6.45) is 0.316. The summed E-state index contributed by atoms with van der Waals surface area (Å²) in [5.41, 5.74) is 1.37. The SMILES string of the molecule is O=C(CCC(=O)c1ccccc1)NCCNc1ccc([N+](=O)[O-])cc1. The first-order chi connectivity index (χ1) is 12.1. The Labute approximate surface area is 145 Å². The maximum absolute atomic E-state index is 11.9. The zero-order valence-corrected chi connectivity index (χ0v) is 13.6. The zero-order valence-electron chi connectivity index (χ0n) is 13.6. The number of nitrogens with one attached hydrogen (secondary N) is 2. The number of amides is 1. The molecule has 0 saturated heterocycles. The maximum Gasteiger partial charge on any atom is 0.269 e. The van der Waals surface area contributed by atoms with Crippen molar-refractivity contribution in [1.82, 2.24) is 5.32 Å². The van der Waals surface area contributed by atoms with Gasteiger partial charge >= 0.3 is 0 Å². The van der Waals surface area contributed by atoms with Gasteiger partial charge in [0.25, 0.3) is 5.69 Å². The average molecular weight is 341 g/mol. The first-order valence-corrected chi connectivity index (χ1v) is 7.89. The molecule has 0 aromatic heterocycles. The molecule has 130 valence electrons. The van der Waals surface area contributed by atoms with Crippen molar-refractivity contribution in [2.75, 3.05) is 18.4 Å². The summed E-state index contributed by atoms with van der Waals surface area (Å²) in [6.45, 7) is 0.880. The Morgan fingerprint density at radius 2 is 1.60 bits per heavy atom. The Bertz CT molecular complexity index is 730. The molecule has 0 spiro atoms. The van der Waals surface area contributed by atoms with Crippen LogP contribution in [0.3, 0.4) is 0 Å². The lowest BCUT2D eigenvalue weighted by Gasteiger charge is -2.08. The number of hydrogen-bond donors (Lipinski definition) is 2. The lowest BCUT2D eigenvalue weighted by molar-refractivity contribution is -0.384. The van der Waals surface area contributed by atoms with Gasteiger partial charge in [-0.25, -0.2) is 0 Å². The van der Waals surface area contributed by atoms with Crippen molar-refractivity contribution in [2.24, 2.45) is 0 Å². The number of nitro benzene ring substituents is 1. The van der Waals surface area contributed by atoms with Crippen molar-refractivity contribution in [3.8, 4) is 0 Å². The highest BCUT2D eigenvalue weighted by molar-refractivity contribution is 5.97. The molecule has 0 aliphatic heterocycles. The molecule has 7 heteroatoms. The summed E-state index contributed by atoms with van der Waals surface area (Å²) < 4.78 is 0. The average Bonchev–Trinajstić information content (AvgIpc) is 2.64. The minimum Gasteiger partial charge on any atom is -0.383 e. The molecule has 2 aromatic rings. The summed E-state index contributed by atoms with van der Waals surface area (Å²) in [4.78, 5) is 33.7. The van der Waals surface area contributed by atoms with Crippen molar-refractivity contribution in [3.05, 3.63) is 70.3 Å². The van der Waals surface area contributed by atoms with Crippen LogP contribution in [-0.4, -0.2) is 29.7 Å². The molecule has 0 aliphatic carbocycles. The molecule has 0 unspecified atom stereocenters. The number of nitrogens with zero attached hydrogens (tertiary/aromatic N) is 1. The minimum absolute atomic E-state index is 0.0296. The number of nitro groups is 1. The second kappa shape index (κ2) is 9.17. The van der Waals surface area contributed by atoms with Gasteiger partial charge in [-0.05, 0) is 12.1 Å². The van der Waals surface area contributed by atoms with Crippen LogP contribution in [0.2, 0.25) is 0 Å². The highest BCUT2D eigenvalue weighted by Crippen LogP contribution is 2.14. The first kappa shape index (κ1) is 18.1. The van der Waals surface area contributed by atoms with Crippen molar-refractivity contribution in [3.63, 3.8) is 0 Å². The van der Waals surface area contributed by atoms with E-state index < -0.39 is 4.92 Å². The van der Waals surface area contributed by atoms with Crippen molar-refractivity contribution >= 4 is 23.1 Å². The van der Waals surface area contributed by atoms with E-state index >= 15 is 0 Å². The molecule has 7 nitrogen and oxygen atoms in total. The Hall–Kier alpha value is -3.22. The van der Waals surface area contributed by atoms with Crippen LogP contribution in [0.15, 0.2) is 54.6 Å². The van der Waals surface area contributed by atoms with Gasteiger partial charge in [-0.3, -0.25) is 19.7 Å². The molecule has 0 radical (unpaired) electrons. The number of benzene rings is 2. The number of non-ortho nitro benzene ring substituents is 1. The van der Waals surface area contributed by atoms with Crippen molar-refractivity contribution < 1.29 is 14.5 Å². The third kappa shape index (κ3) is 6.06. The van der Waals surface area contributed by atoms with Crippen molar-refractivity contribution in [1.29, 1.82) is 0 Å². The first-order valence-electron chi connectivity index (χ1n) is 7.89. The highest BCUT2D eigenvalue weighted by atomic mass is 16.6. The molecule has 0 bridgehead atoms. The Morgan fingerprint density at radius 3 is 2.24 bits per heavy atom. The molecule has 1 amide bonds. The number of carbonyl (C=O) groups excluding carboxylic acids is 2. The predicted octanol–water partition coefficient (Wildman–Crippen LogP) is 2.79. The number of ketones is 1. The van der Waals surface area contributed by atoms with Gasteiger partial charge in [0.2, 0.25) is 5.91 Å². The number of Topliss-reactive ketones (excluding diaryl/α,β-unsaturated/α-hetero) is 1. The van der Waals surface area contributed by atoms with Gasteiger partial charge < -0.3 is 10.6 Å². The molecule has 0 atom stereocenters. The van der Waals surface area contributed by atoms with Crippen LogP contribution in [-0.2, 0) is 4.79 Å². The fourth-order valence-corrected chi connectivity index (χ4v) is 2.19. The maximum atomic E-state index is 11.9. The summed E-state index contributed by atoms with van der Waals surface area (Å²) >= 11 is 0. The van der Waals surface area contributed by atoms with Crippen LogP contribution in [0.1, 0.15) is 23.2 Å². The number of hydrogen-bond acceptors (Lipinski definition) is 5. The predicted molar refractivity (Wildman–Crippen MR) is 94.6 cm³/mol. The van der Waals surface area contributed by atoms with E-state index in [9.17, 15) is 19.7 Å². The Morgan fingerprint density at radius 1 is 0.920 bits per heavy atom. The topological polar surface area (TPSA) is 101 Å². The monoisotopic (exact) mass is 341 g/mol. The van der Waals surface area contributed by atoms with E-state index in [4.69, 9.17) is 0 Å². The lowest BCUT2D eigenvalue weighted by Crippen LogP contribution is -2.29. The third-order valence-corrected chi connectivity index (χ3v) is 3.53. The Kier molecular flexibility index (Phi) is 6.65. The van der Waals surface area contributed by atoms with Gasteiger partial charge in [0.05, 0.1) is 4.92 Å². The summed E-state index contributed by atoms with van der Waals surface area (Å²) in [5.74, 6) is -0.241. The van der Waals surface area contributed by atoms with Gasteiger partial charge in [0.15, 0.2) is 5.78 Å². The smallest absolute Gasteiger partial charge is 0.269 e. The molecular weight excluding hydrogens is 322 g/mol. The lowest BCUT2D eigenvalue weighted by atomic mass is 10.1. The van der Waals surface area contributed by atoms with Crippen LogP contribution >= 0.6 is 0 Å². The van der Waals surface area contributed by atoms with E-state index in [1.54, 1.807) is 36.4 Å². The van der Waals surface area contributed by atoms with E-state index in [2.05, 4.69) is 10.6 Å². The molecule has 2 N–H and O–H groups in total. The van der Waals surface area contributed by atoms with Crippen LogP contribution in [0, 0.1) is 10.1 Å². The number of carbonyl (C=O) groups is 2. The molecule has 2 rings (SSSR count). The van der Waals surface area contributed by atoms with Gasteiger partial charge in [-0.15, -0.1) is 0 Å². The minimum atomic E-state index is -0.458. The molecule has 0 heterocycles. The number of anilines is 1. The molecule has 25 heavy (non-hydrogen) atoms. The normalized spacial score (nSPS) is 10.1. The van der Waals surface area contributed by atoms with E-state index in [1.807, 2.05) is 6.07 Å². The van der Waals surface area contributed by atoms with Crippen LogP contribution in [0.4, 0.5) is 11.4 Å². The zero-order chi connectivity index (χ0) is 18.1. The number of rotatable bonds is 9. The van der Waals surface area contributed by atoms with Gasteiger partial charge in [0, 0.05) is 49.3 Å². The van der Waals surface area contributed by atoms with E-state index in [1.165, 1.54) is 12.1 Å². The van der Waals surface area contributed by atoms with Gasteiger partial charge in [-0.1, -0.05) is 30.3 Å². The van der Waals surface area contributed by atoms with Crippen LogP contribution in [0.25, 0.3) is 0 Å². The van der Waals surface area contributed by atoms with E-state index in [0.29, 0.717) is 18.7 Å². The van der Waals surface area contributed by atoms with Gasteiger partial charge in [0.1, 0.15) is 0 Å². The Balaban J connectivity index is 1.63. The van der Waals surface area contributed by atoms with E-state index in [-0.39, 0.29) is 30.2 Å². The third-order valence-electron chi connectivity index (χ3n) is 3.53.